The first kappa shape index (κ1) is 25.1. The third kappa shape index (κ3) is 4.77. The highest BCUT2D eigenvalue weighted by Gasteiger charge is 2.25. The summed E-state index contributed by atoms with van der Waals surface area (Å²) in [6, 6.07) is 16.2. The number of ether oxygens (including phenoxy) is 2. The van der Waals surface area contributed by atoms with E-state index >= 15 is 0 Å². The lowest BCUT2D eigenvalue weighted by atomic mass is 9.86. The Balaban J connectivity index is 0.00000144. The minimum Gasteiger partial charge on any atom is -0.486 e. The lowest BCUT2D eigenvalue weighted by Crippen LogP contribution is -2.40. The van der Waals surface area contributed by atoms with Gasteiger partial charge >= 0.3 is 0 Å². The molecule has 35 heavy (non-hydrogen) atoms. The van der Waals surface area contributed by atoms with Crippen molar-refractivity contribution in [3.8, 4) is 17.6 Å². The molecule has 0 saturated carbocycles. The first-order valence-electron chi connectivity index (χ1n) is 11.6. The van der Waals surface area contributed by atoms with E-state index in [1.54, 1.807) is 0 Å². The Hall–Kier alpha value is -2.98. The smallest absolute Gasteiger partial charge is 0.171 e. The van der Waals surface area contributed by atoms with Crippen molar-refractivity contribution in [2.75, 3.05) is 19.7 Å². The number of hydrogen-bond acceptors (Lipinski definition) is 5. The second-order valence-electron chi connectivity index (χ2n) is 9.18. The van der Waals surface area contributed by atoms with Crippen molar-refractivity contribution in [3.63, 3.8) is 0 Å². The molecule has 6 nitrogen and oxygen atoms in total. The quantitative estimate of drug-likeness (QED) is 0.390. The van der Waals surface area contributed by atoms with E-state index in [4.69, 9.17) is 9.47 Å². The van der Waals surface area contributed by atoms with Crippen LogP contribution in [-0.2, 0) is 12.8 Å². The number of hydrogen-bond donors (Lipinski definition) is 2. The van der Waals surface area contributed by atoms with E-state index in [1.807, 2.05) is 43.3 Å². The van der Waals surface area contributed by atoms with Gasteiger partial charge in [0.05, 0.1) is 17.1 Å². The van der Waals surface area contributed by atoms with Gasteiger partial charge in [0.2, 0.25) is 0 Å². The lowest BCUT2D eigenvalue weighted by Gasteiger charge is -2.29. The summed E-state index contributed by atoms with van der Waals surface area (Å²) in [7, 11) is 0. The van der Waals surface area contributed by atoms with Crippen LogP contribution in [0.3, 0.4) is 0 Å². The largest absolute Gasteiger partial charge is 0.486 e. The van der Waals surface area contributed by atoms with Crippen LogP contribution in [0.5, 0.6) is 11.5 Å². The molecule has 0 fully saturated rings. The Morgan fingerprint density at radius 1 is 1.11 bits per heavy atom. The maximum absolute atomic E-state index is 9.27. The molecular weight excluding hydrogens is 483 g/mol. The van der Waals surface area contributed by atoms with E-state index in [0.717, 1.165) is 71.5 Å². The Morgan fingerprint density at radius 3 is 2.86 bits per heavy atom. The molecule has 6 rings (SSSR count). The summed E-state index contributed by atoms with van der Waals surface area (Å²) in [6.45, 7) is 4.22. The van der Waals surface area contributed by atoms with Crippen LogP contribution in [0.4, 0.5) is 0 Å². The zero-order valence-electron chi connectivity index (χ0n) is 19.5. The molecule has 1 aliphatic carbocycles. The van der Waals surface area contributed by atoms with Crippen molar-refractivity contribution in [1.82, 2.24) is 15.3 Å². The number of pyridine rings is 1. The Kier molecular flexibility index (Phi) is 7.42. The van der Waals surface area contributed by atoms with E-state index in [2.05, 4.69) is 27.4 Å². The van der Waals surface area contributed by atoms with Crippen molar-refractivity contribution in [2.24, 2.45) is 5.92 Å². The molecule has 2 atom stereocenters. The fourth-order valence-corrected chi connectivity index (χ4v) is 5.16. The normalized spacial score (nSPS) is 18.3. The van der Waals surface area contributed by atoms with Crippen molar-refractivity contribution in [1.29, 1.82) is 5.26 Å². The van der Waals surface area contributed by atoms with Gasteiger partial charge in [-0.2, -0.15) is 5.26 Å². The first-order valence-corrected chi connectivity index (χ1v) is 11.6. The van der Waals surface area contributed by atoms with Gasteiger partial charge in [0.25, 0.3) is 0 Å². The van der Waals surface area contributed by atoms with Crippen LogP contribution in [-0.4, -0.2) is 35.8 Å². The minimum atomic E-state index is -0.0326. The molecule has 1 aliphatic heterocycles. The van der Waals surface area contributed by atoms with Crippen molar-refractivity contribution in [2.45, 2.75) is 32.3 Å². The lowest BCUT2D eigenvalue weighted by molar-refractivity contribution is 0.0915. The maximum atomic E-state index is 9.27. The van der Waals surface area contributed by atoms with E-state index in [0.29, 0.717) is 12.5 Å². The SMILES string of the molecule is Cc1ccc2c3c(ccc2n1)OC[C@H](CNC[C@@H]1CCc2[nH]c4ccc(C#N)cc4c2C1)O3.Cl.Cl. The molecule has 0 bridgehead atoms. The highest BCUT2D eigenvalue weighted by molar-refractivity contribution is 5.88. The van der Waals surface area contributed by atoms with Crippen molar-refractivity contribution in [3.05, 3.63) is 65.0 Å². The van der Waals surface area contributed by atoms with Gasteiger partial charge in [-0.3, -0.25) is 4.98 Å². The zero-order chi connectivity index (χ0) is 22.4. The summed E-state index contributed by atoms with van der Waals surface area (Å²) in [6.07, 6.45) is 3.19. The number of rotatable bonds is 4. The van der Waals surface area contributed by atoms with Crippen LogP contribution < -0.4 is 14.8 Å². The number of halogens is 2. The summed E-state index contributed by atoms with van der Waals surface area (Å²) in [5.41, 5.74) is 6.48. The van der Waals surface area contributed by atoms with E-state index < -0.39 is 0 Å². The summed E-state index contributed by atoms with van der Waals surface area (Å²) >= 11 is 0. The number of benzene rings is 2. The van der Waals surface area contributed by atoms with Gasteiger partial charge in [-0.15, -0.1) is 24.8 Å². The first-order chi connectivity index (χ1) is 16.2. The van der Waals surface area contributed by atoms with Crippen LogP contribution in [0.2, 0.25) is 0 Å². The molecule has 0 spiro atoms. The number of fused-ring (bicyclic) bond motifs is 6. The molecule has 3 heterocycles. The number of aromatic amines is 1. The highest BCUT2D eigenvalue weighted by Crippen LogP contribution is 2.38. The predicted molar refractivity (Wildman–Crippen MR) is 142 cm³/mol. The average Bonchev–Trinajstić information content (AvgIpc) is 3.21. The molecule has 0 amide bonds. The van der Waals surface area contributed by atoms with Gasteiger partial charge in [-0.05, 0) is 86.7 Å². The molecule has 182 valence electrons. The third-order valence-electron chi connectivity index (χ3n) is 6.86. The van der Waals surface area contributed by atoms with E-state index in [1.165, 1.54) is 16.6 Å². The fourth-order valence-electron chi connectivity index (χ4n) is 5.16. The number of nitrogens with zero attached hydrogens (tertiary/aromatic N) is 2. The van der Waals surface area contributed by atoms with Gasteiger partial charge in [0, 0.05) is 34.2 Å². The molecule has 2 aromatic carbocycles. The molecule has 2 N–H and O–H groups in total. The van der Waals surface area contributed by atoms with Gasteiger partial charge in [0.1, 0.15) is 12.7 Å². The number of nitriles is 1. The third-order valence-corrected chi connectivity index (χ3v) is 6.86. The van der Waals surface area contributed by atoms with Gasteiger partial charge in [-0.25, -0.2) is 0 Å². The second kappa shape index (κ2) is 10.3. The number of aromatic nitrogens is 2. The standard InChI is InChI=1S/C27H26N4O2.2ClH/c1-16-2-5-20-23(30-16)8-9-26-27(20)33-19(15-32-26)14-29-13-18-4-7-25-22(11-18)21-10-17(12-28)3-6-24(21)31-25;;/h2-3,5-6,8-10,18-19,29,31H,4,7,11,13-15H2,1H3;2*1H/t18-,19+;;/m1../s1. The summed E-state index contributed by atoms with van der Waals surface area (Å²) in [5.74, 6) is 2.15. The molecule has 0 unspecified atom stereocenters. The molecule has 0 saturated heterocycles. The Labute approximate surface area is 216 Å². The monoisotopic (exact) mass is 510 g/mol. The number of H-pyrrole nitrogens is 1. The molecular formula is C27H28Cl2N4O2. The molecule has 0 radical (unpaired) electrons. The van der Waals surface area contributed by atoms with Crippen LogP contribution >= 0.6 is 24.8 Å². The van der Waals surface area contributed by atoms with E-state index in [9.17, 15) is 5.26 Å². The van der Waals surface area contributed by atoms with Crippen LogP contribution in [0.1, 0.15) is 28.9 Å². The Bertz CT molecular complexity index is 1410. The topological polar surface area (TPSA) is 83.0 Å². The molecule has 2 aliphatic rings. The summed E-state index contributed by atoms with van der Waals surface area (Å²) in [5, 5.41) is 15.1. The van der Waals surface area contributed by atoms with Crippen molar-refractivity contribution >= 4 is 46.6 Å². The van der Waals surface area contributed by atoms with Crippen LogP contribution in [0.15, 0.2) is 42.5 Å². The maximum Gasteiger partial charge on any atom is 0.171 e. The second-order valence-corrected chi connectivity index (χ2v) is 9.18. The Morgan fingerprint density at radius 2 is 2.00 bits per heavy atom. The highest BCUT2D eigenvalue weighted by atomic mass is 35.5. The number of nitrogens with one attached hydrogen (secondary N) is 2. The fraction of sp³-hybridized carbons (Fsp3) is 0.333. The van der Waals surface area contributed by atoms with Crippen LogP contribution in [0, 0.1) is 24.2 Å². The van der Waals surface area contributed by atoms with Gasteiger partial charge in [-0.1, -0.05) is 0 Å². The summed E-state index contributed by atoms with van der Waals surface area (Å²) < 4.78 is 12.3. The van der Waals surface area contributed by atoms with Gasteiger partial charge in [0.15, 0.2) is 11.5 Å². The molecule has 2 aromatic heterocycles. The van der Waals surface area contributed by atoms with E-state index in [-0.39, 0.29) is 30.9 Å². The predicted octanol–water partition coefficient (Wildman–Crippen LogP) is 5.27. The summed E-state index contributed by atoms with van der Waals surface area (Å²) in [4.78, 5) is 8.16. The van der Waals surface area contributed by atoms with Gasteiger partial charge < -0.3 is 19.8 Å². The average molecular weight is 511 g/mol. The molecule has 4 aromatic rings. The number of aryl methyl sites for hydroxylation is 2. The minimum absolute atomic E-state index is 0. The van der Waals surface area contributed by atoms with Crippen molar-refractivity contribution < 1.29 is 9.47 Å². The zero-order valence-corrected chi connectivity index (χ0v) is 21.1. The molecule has 8 heteroatoms. The van der Waals surface area contributed by atoms with Crippen LogP contribution in [0.25, 0.3) is 21.8 Å².